The van der Waals surface area contributed by atoms with E-state index in [1.54, 1.807) is 0 Å². The Morgan fingerprint density at radius 2 is 1.55 bits per heavy atom. The van der Waals surface area contributed by atoms with Gasteiger partial charge in [0.15, 0.2) is 0 Å². The van der Waals surface area contributed by atoms with Gasteiger partial charge in [0.05, 0.1) is 0 Å². The second kappa shape index (κ2) is 11.0. The third kappa shape index (κ3) is 5.83. The molecular formula is C28H37N3O2. The number of rotatable bonds is 5. The standard InChI is InChI=1S/C28H37N3O2/c1-21-12-13-22(2)25(20-21)29-27(32)26(23-10-6-5-7-11-23)30-18-14-24(15-19-30)28(33)31-16-8-3-4-9-17-31/h5-7,10-13,20,24,26H,3-4,8-9,14-19H2,1-2H3,(H,29,32)/t26-/m1/s1. The molecule has 2 saturated heterocycles. The highest BCUT2D eigenvalue weighted by molar-refractivity contribution is 5.96. The number of carbonyl (C=O) groups is 2. The van der Waals surface area contributed by atoms with Gasteiger partial charge in [0.1, 0.15) is 6.04 Å². The Bertz CT molecular complexity index is 943. The van der Waals surface area contributed by atoms with Gasteiger partial charge in [0, 0.05) is 24.7 Å². The average Bonchev–Trinajstić information content (AvgIpc) is 3.12. The smallest absolute Gasteiger partial charge is 0.246 e. The van der Waals surface area contributed by atoms with E-state index in [9.17, 15) is 9.59 Å². The summed E-state index contributed by atoms with van der Waals surface area (Å²) in [5.41, 5.74) is 4.05. The highest BCUT2D eigenvalue weighted by atomic mass is 16.2. The number of nitrogens with zero attached hydrogens (tertiary/aromatic N) is 2. The summed E-state index contributed by atoms with van der Waals surface area (Å²) in [5.74, 6) is 0.401. The zero-order chi connectivity index (χ0) is 23.2. The second-order valence-electron chi connectivity index (χ2n) is 9.67. The first-order chi connectivity index (χ1) is 16.0. The molecule has 0 radical (unpaired) electrons. The fourth-order valence-electron chi connectivity index (χ4n) is 5.19. The van der Waals surface area contributed by atoms with E-state index in [0.29, 0.717) is 5.91 Å². The third-order valence-corrected chi connectivity index (χ3v) is 7.18. The molecule has 2 heterocycles. The average molecular weight is 448 g/mol. The predicted octanol–water partition coefficient (Wildman–Crippen LogP) is 5.10. The highest BCUT2D eigenvalue weighted by Crippen LogP contribution is 2.30. The first-order valence-corrected chi connectivity index (χ1v) is 12.5. The zero-order valence-corrected chi connectivity index (χ0v) is 20.1. The van der Waals surface area contributed by atoms with Crippen molar-refractivity contribution in [3.8, 4) is 0 Å². The third-order valence-electron chi connectivity index (χ3n) is 7.18. The van der Waals surface area contributed by atoms with E-state index in [4.69, 9.17) is 0 Å². The molecule has 5 heteroatoms. The molecule has 5 nitrogen and oxygen atoms in total. The molecule has 2 aliphatic rings. The van der Waals surface area contributed by atoms with E-state index in [1.165, 1.54) is 12.8 Å². The minimum atomic E-state index is -0.361. The van der Waals surface area contributed by atoms with Crippen molar-refractivity contribution in [1.82, 2.24) is 9.80 Å². The van der Waals surface area contributed by atoms with Crippen LogP contribution in [0.4, 0.5) is 5.69 Å². The van der Waals surface area contributed by atoms with Crippen molar-refractivity contribution in [2.75, 3.05) is 31.5 Å². The van der Waals surface area contributed by atoms with Crippen LogP contribution in [0.3, 0.4) is 0 Å². The zero-order valence-electron chi connectivity index (χ0n) is 20.1. The number of piperidine rings is 1. The normalized spacial score (nSPS) is 19.0. The van der Waals surface area contributed by atoms with Gasteiger partial charge >= 0.3 is 0 Å². The van der Waals surface area contributed by atoms with Crippen molar-refractivity contribution in [1.29, 1.82) is 0 Å². The number of aryl methyl sites for hydroxylation is 2. The topological polar surface area (TPSA) is 52.7 Å². The molecule has 176 valence electrons. The van der Waals surface area contributed by atoms with Crippen molar-refractivity contribution >= 4 is 17.5 Å². The van der Waals surface area contributed by atoms with Gasteiger partial charge in [0.2, 0.25) is 11.8 Å². The van der Waals surface area contributed by atoms with Gasteiger partial charge in [-0.15, -0.1) is 0 Å². The molecule has 0 saturated carbocycles. The summed E-state index contributed by atoms with van der Waals surface area (Å²) in [6.07, 6.45) is 6.34. The minimum Gasteiger partial charge on any atom is -0.342 e. The molecule has 2 aromatic carbocycles. The molecule has 0 aliphatic carbocycles. The van der Waals surface area contributed by atoms with Crippen LogP contribution in [0.25, 0.3) is 0 Å². The molecule has 2 aliphatic heterocycles. The van der Waals surface area contributed by atoms with E-state index < -0.39 is 0 Å². The van der Waals surface area contributed by atoms with Crippen molar-refractivity contribution in [3.63, 3.8) is 0 Å². The maximum atomic E-state index is 13.5. The largest absolute Gasteiger partial charge is 0.342 e. The van der Waals surface area contributed by atoms with Crippen molar-refractivity contribution in [3.05, 3.63) is 65.2 Å². The van der Waals surface area contributed by atoms with E-state index in [-0.39, 0.29) is 17.9 Å². The fourth-order valence-corrected chi connectivity index (χ4v) is 5.19. The van der Waals surface area contributed by atoms with Crippen LogP contribution in [-0.4, -0.2) is 47.8 Å². The summed E-state index contributed by atoms with van der Waals surface area (Å²) in [5, 5.41) is 3.18. The molecule has 0 unspecified atom stereocenters. The fraction of sp³-hybridized carbons (Fsp3) is 0.500. The minimum absolute atomic E-state index is 0.00723. The van der Waals surface area contributed by atoms with Gasteiger partial charge in [-0.3, -0.25) is 14.5 Å². The molecule has 1 atom stereocenters. The SMILES string of the molecule is Cc1ccc(C)c(NC(=O)[C@@H](c2ccccc2)N2CCC(C(=O)N3CCCCCC3)CC2)c1. The molecule has 0 spiro atoms. The molecule has 1 N–H and O–H groups in total. The van der Waals surface area contributed by atoms with Crippen LogP contribution in [0.15, 0.2) is 48.5 Å². The maximum absolute atomic E-state index is 13.5. The van der Waals surface area contributed by atoms with Gasteiger partial charge in [-0.2, -0.15) is 0 Å². The number of hydrogen-bond acceptors (Lipinski definition) is 3. The molecule has 2 fully saturated rings. The lowest BCUT2D eigenvalue weighted by atomic mass is 9.92. The Labute approximate surface area is 198 Å². The number of anilines is 1. The Balaban J connectivity index is 1.46. The van der Waals surface area contributed by atoms with Crippen LogP contribution < -0.4 is 5.32 Å². The molecule has 0 bridgehead atoms. The van der Waals surface area contributed by atoms with Crippen LogP contribution in [0.2, 0.25) is 0 Å². The number of likely N-dealkylation sites (tertiary alicyclic amines) is 2. The van der Waals surface area contributed by atoms with E-state index in [2.05, 4.69) is 21.2 Å². The number of nitrogens with one attached hydrogen (secondary N) is 1. The van der Waals surface area contributed by atoms with Gasteiger partial charge in [-0.25, -0.2) is 0 Å². The van der Waals surface area contributed by atoms with E-state index in [0.717, 1.165) is 74.2 Å². The summed E-state index contributed by atoms with van der Waals surface area (Å²) >= 11 is 0. The Kier molecular flexibility index (Phi) is 7.81. The predicted molar refractivity (Wildman–Crippen MR) is 133 cm³/mol. The van der Waals surface area contributed by atoms with Gasteiger partial charge in [0.25, 0.3) is 0 Å². The van der Waals surface area contributed by atoms with E-state index in [1.807, 2.05) is 56.3 Å². The number of benzene rings is 2. The van der Waals surface area contributed by atoms with E-state index >= 15 is 0 Å². The van der Waals surface area contributed by atoms with Crippen LogP contribution in [-0.2, 0) is 9.59 Å². The van der Waals surface area contributed by atoms with Gasteiger partial charge in [-0.05, 0) is 75.4 Å². The first kappa shape index (κ1) is 23.5. The molecule has 4 rings (SSSR count). The molecular weight excluding hydrogens is 410 g/mol. The monoisotopic (exact) mass is 447 g/mol. The summed E-state index contributed by atoms with van der Waals surface area (Å²) in [4.78, 5) is 31.0. The molecule has 33 heavy (non-hydrogen) atoms. The molecule has 0 aromatic heterocycles. The van der Waals surface area contributed by atoms with Crippen LogP contribution in [0, 0.1) is 19.8 Å². The lowest BCUT2D eigenvalue weighted by molar-refractivity contribution is -0.137. The lowest BCUT2D eigenvalue weighted by Crippen LogP contribution is -2.46. The first-order valence-electron chi connectivity index (χ1n) is 12.5. The Hall–Kier alpha value is -2.66. The summed E-state index contributed by atoms with van der Waals surface area (Å²) in [7, 11) is 0. The number of hydrogen-bond donors (Lipinski definition) is 1. The lowest BCUT2D eigenvalue weighted by Gasteiger charge is -2.38. The van der Waals surface area contributed by atoms with Gasteiger partial charge < -0.3 is 10.2 Å². The summed E-state index contributed by atoms with van der Waals surface area (Å²) < 4.78 is 0. The van der Waals surface area contributed by atoms with Crippen LogP contribution in [0.1, 0.15) is 61.3 Å². The number of amides is 2. The van der Waals surface area contributed by atoms with Crippen molar-refractivity contribution in [2.24, 2.45) is 5.92 Å². The van der Waals surface area contributed by atoms with Crippen LogP contribution in [0.5, 0.6) is 0 Å². The van der Waals surface area contributed by atoms with Crippen LogP contribution >= 0.6 is 0 Å². The second-order valence-corrected chi connectivity index (χ2v) is 9.67. The summed E-state index contributed by atoms with van der Waals surface area (Å²) in [6, 6.07) is 15.8. The molecule has 2 aromatic rings. The Morgan fingerprint density at radius 1 is 0.879 bits per heavy atom. The quantitative estimate of drug-likeness (QED) is 0.694. The summed E-state index contributed by atoms with van der Waals surface area (Å²) in [6.45, 7) is 7.38. The molecule has 2 amide bonds. The Morgan fingerprint density at radius 3 is 2.21 bits per heavy atom. The van der Waals surface area contributed by atoms with Crippen molar-refractivity contribution in [2.45, 2.75) is 58.4 Å². The highest BCUT2D eigenvalue weighted by Gasteiger charge is 2.34. The number of carbonyl (C=O) groups excluding carboxylic acids is 2. The van der Waals surface area contributed by atoms with Gasteiger partial charge in [-0.1, -0.05) is 55.3 Å². The maximum Gasteiger partial charge on any atom is 0.246 e. The van der Waals surface area contributed by atoms with Crippen molar-refractivity contribution < 1.29 is 9.59 Å².